The largest absolute Gasteiger partial charge is 0.302 e. The normalized spacial score (nSPS) is 17.0. The van der Waals surface area contributed by atoms with E-state index in [1.165, 1.54) is 15.6 Å². The molecule has 10 heteroatoms. The van der Waals surface area contributed by atoms with Gasteiger partial charge in [0, 0.05) is 47.8 Å². The summed E-state index contributed by atoms with van der Waals surface area (Å²) in [6.45, 7) is 0.745. The highest BCUT2D eigenvalue weighted by molar-refractivity contribution is 7.90. The minimum absolute atomic E-state index is 0.0495. The molecule has 4 rings (SSSR count). The summed E-state index contributed by atoms with van der Waals surface area (Å²) in [5.41, 5.74) is 1.36. The Kier molecular flexibility index (Phi) is 5.74. The highest BCUT2D eigenvalue weighted by atomic mass is 35.5. The van der Waals surface area contributed by atoms with Gasteiger partial charge in [0.1, 0.15) is 0 Å². The van der Waals surface area contributed by atoms with Crippen molar-refractivity contribution in [3.8, 4) is 0 Å². The van der Waals surface area contributed by atoms with Gasteiger partial charge in [0.25, 0.3) is 0 Å². The van der Waals surface area contributed by atoms with E-state index in [0.717, 1.165) is 23.4 Å². The lowest BCUT2D eigenvalue weighted by Crippen LogP contribution is -2.37. The number of thiazole rings is 1. The number of hydrogen-bond acceptors (Lipinski definition) is 6. The number of anilines is 1. The van der Waals surface area contributed by atoms with Crippen molar-refractivity contribution < 1.29 is 18.0 Å². The van der Waals surface area contributed by atoms with Crippen LogP contribution in [0.15, 0.2) is 24.3 Å². The van der Waals surface area contributed by atoms with E-state index in [9.17, 15) is 18.0 Å². The summed E-state index contributed by atoms with van der Waals surface area (Å²) in [4.78, 5) is 29.7. The van der Waals surface area contributed by atoms with Crippen molar-refractivity contribution in [2.75, 3.05) is 11.9 Å². The smallest absolute Gasteiger partial charge is 0.226 e. The number of carbonyl (C=O) groups is 2. The summed E-state index contributed by atoms with van der Waals surface area (Å²) in [5.74, 6) is -0.419. The van der Waals surface area contributed by atoms with Gasteiger partial charge in [-0.25, -0.2) is 13.4 Å². The standard InChI is InChI=1S/C19H20ClN3O4S2/c20-13-3-1-12(2-4-13)16(24)7-8-18(25)22-19-21-15-9-10-23(11-17(15)28-19)29(26,27)14-5-6-14/h1-4,14H,5-11H2,(H,21,22,25). The van der Waals surface area contributed by atoms with E-state index >= 15 is 0 Å². The van der Waals surface area contributed by atoms with Crippen molar-refractivity contribution in [1.82, 2.24) is 9.29 Å². The number of benzene rings is 1. The van der Waals surface area contributed by atoms with Crippen LogP contribution >= 0.6 is 22.9 Å². The molecule has 0 bridgehead atoms. The number of Topliss-reactive ketones (excluding diaryl/α,β-unsaturated/α-hetero) is 1. The topological polar surface area (TPSA) is 96.4 Å². The lowest BCUT2D eigenvalue weighted by molar-refractivity contribution is -0.116. The van der Waals surface area contributed by atoms with E-state index in [1.54, 1.807) is 24.3 Å². The maximum atomic E-state index is 12.4. The summed E-state index contributed by atoms with van der Waals surface area (Å²) >= 11 is 7.11. The Hall–Kier alpha value is -1.81. The molecular weight excluding hydrogens is 434 g/mol. The van der Waals surface area contributed by atoms with E-state index in [4.69, 9.17) is 11.6 Å². The molecule has 0 saturated heterocycles. The maximum Gasteiger partial charge on any atom is 0.226 e. The molecule has 1 N–H and O–H groups in total. The first-order valence-electron chi connectivity index (χ1n) is 9.39. The minimum atomic E-state index is -3.21. The summed E-state index contributed by atoms with van der Waals surface area (Å²) in [6, 6.07) is 6.56. The Morgan fingerprint density at radius 2 is 1.93 bits per heavy atom. The van der Waals surface area contributed by atoms with Crippen LogP contribution in [0.2, 0.25) is 5.02 Å². The molecule has 1 fully saturated rings. The van der Waals surface area contributed by atoms with E-state index in [2.05, 4.69) is 10.3 Å². The fourth-order valence-electron chi connectivity index (χ4n) is 3.21. The molecule has 2 aliphatic rings. The van der Waals surface area contributed by atoms with Gasteiger partial charge < -0.3 is 5.32 Å². The number of ketones is 1. The van der Waals surface area contributed by atoms with E-state index in [-0.39, 0.29) is 29.8 Å². The first kappa shape index (κ1) is 20.5. The second-order valence-electron chi connectivity index (χ2n) is 7.19. The third kappa shape index (κ3) is 4.69. The van der Waals surface area contributed by atoms with Gasteiger partial charge in [-0.15, -0.1) is 11.3 Å². The molecule has 1 amide bonds. The van der Waals surface area contributed by atoms with Gasteiger partial charge in [0.2, 0.25) is 15.9 Å². The molecule has 1 aliphatic carbocycles. The second-order valence-corrected chi connectivity index (χ2v) is 10.9. The number of rotatable bonds is 7. The Balaban J connectivity index is 1.32. The van der Waals surface area contributed by atoms with Crippen LogP contribution in [0.1, 0.15) is 46.6 Å². The van der Waals surface area contributed by atoms with E-state index < -0.39 is 10.0 Å². The summed E-state index contributed by atoms with van der Waals surface area (Å²) in [6.07, 6.45) is 2.16. The Morgan fingerprint density at radius 3 is 2.62 bits per heavy atom. The number of aromatic nitrogens is 1. The predicted molar refractivity (Wildman–Crippen MR) is 112 cm³/mol. The van der Waals surface area contributed by atoms with Crippen LogP contribution in [0.3, 0.4) is 0 Å². The Morgan fingerprint density at radius 1 is 1.21 bits per heavy atom. The molecule has 2 aromatic rings. The SMILES string of the molecule is O=C(CCC(=O)c1ccc(Cl)cc1)Nc1nc2c(s1)CN(S(=O)(=O)C1CC1)CC2. The number of sulfonamides is 1. The third-order valence-electron chi connectivity index (χ3n) is 4.99. The zero-order chi connectivity index (χ0) is 20.6. The van der Waals surface area contributed by atoms with Gasteiger partial charge in [-0.3, -0.25) is 9.59 Å². The number of nitrogens with one attached hydrogen (secondary N) is 1. The van der Waals surface area contributed by atoms with Crippen LogP contribution in [0.5, 0.6) is 0 Å². The lowest BCUT2D eigenvalue weighted by atomic mass is 10.1. The van der Waals surface area contributed by atoms with Crippen molar-refractivity contribution in [1.29, 1.82) is 0 Å². The number of carbonyl (C=O) groups excluding carboxylic acids is 2. The summed E-state index contributed by atoms with van der Waals surface area (Å²) < 4.78 is 26.4. The van der Waals surface area contributed by atoms with Crippen LogP contribution in [0, 0.1) is 0 Å². The van der Waals surface area contributed by atoms with Crippen LogP contribution in [0.25, 0.3) is 0 Å². The molecule has 1 aliphatic heterocycles. The molecule has 7 nitrogen and oxygen atoms in total. The third-order valence-corrected chi connectivity index (χ3v) is 8.59. The van der Waals surface area contributed by atoms with Gasteiger partial charge in [0.15, 0.2) is 10.9 Å². The zero-order valence-corrected chi connectivity index (χ0v) is 17.9. The molecule has 2 heterocycles. The molecule has 29 heavy (non-hydrogen) atoms. The van der Waals surface area contributed by atoms with Crippen molar-refractivity contribution in [2.24, 2.45) is 0 Å². The monoisotopic (exact) mass is 453 g/mol. The highest BCUT2D eigenvalue weighted by Crippen LogP contribution is 2.35. The number of halogens is 1. The number of amides is 1. The molecule has 1 aromatic carbocycles. The van der Waals surface area contributed by atoms with Crippen LogP contribution in [-0.4, -0.2) is 41.2 Å². The van der Waals surface area contributed by atoms with Gasteiger partial charge in [-0.1, -0.05) is 11.6 Å². The van der Waals surface area contributed by atoms with Crippen molar-refractivity contribution in [2.45, 2.75) is 43.9 Å². The quantitative estimate of drug-likeness (QED) is 0.649. The molecule has 1 saturated carbocycles. The predicted octanol–water partition coefficient (Wildman–Crippen LogP) is 3.25. The first-order chi connectivity index (χ1) is 13.8. The molecule has 1 aromatic heterocycles. The maximum absolute atomic E-state index is 12.4. The second kappa shape index (κ2) is 8.14. The van der Waals surface area contributed by atoms with Gasteiger partial charge in [0.05, 0.1) is 10.9 Å². The van der Waals surface area contributed by atoms with Gasteiger partial charge in [-0.2, -0.15) is 4.31 Å². The number of hydrogen-bond donors (Lipinski definition) is 1. The zero-order valence-electron chi connectivity index (χ0n) is 15.6. The lowest BCUT2D eigenvalue weighted by Gasteiger charge is -2.25. The fraction of sp³-hybridized carbons (Fsp3) is 0.421. The van der Waals surface area contributed by atoms with Crippen LogP contribution in [0.4, 0.5) is 5.13 Å². The summed E-state index contributed by atoms with van der Waals surface area (Å²) in [5, 5.41) is 3.50. The van der Waals surface area contributed by atoms with E-state index in [1.807, 2.05) is 0 Å². The van der Waals surface area contributed by atoms with Gasteiger partial charge in [-0.05, 0) is 37.1 Å². The van der Waals surface area contributed by atoms with Crippen molar-refractivity contribution in [3.05, 3.63) is 45.4 Å². The van der Waals surface area contributed by atoms with Crippen LogP contribution < -0.4 is 5.32 Å². The first-order valence-corrected chi connectivity index (χ1v) is 12.1. The Labute approximate surface area is 178 Å². The Bertz CT molecular complexity index is 1050. The average molecular weight is 454 g/mol. The van der Waals surface area contributed by atoms with Crippen molar-refractivity contribution >= 4 is 49.8 Å². The van der Waals surface area contributed by atoms with Gasteiger partial charge >= 0.3 is 0 Å². The number of fused-ring (bicyclic) bond motifs is 1. The molecule has 0 spiro atoms. The van der Waals surface area contributed by atoms with Crippen molar-refractivity contribution in [3.63, 3.8) is 0 Å². The summed E-state index contributed by atoms with van der Waals surface area (Å²) in [7, 11) is -3.21. The van der Waals surface area contributed by atoms with Crippen LogP contribution in [-0.2, 0) is 27.8 Å². The molecule has 0 radical (unpaired) electrons. The molecule has 154 valence electrons. The average Bonchev–Trinajstić information content (AvgIpc) is 3.47. The van der Waals surface area contributed by atoms with E-state index in [0.29, 0.717) is 35.2 Å². The molecule has 0 atom stereocenters. The highest BCUT2D eigenvalue weighted by Gasteiger charge is 2.41. The molecular formula is C19H20ClN3O4S2. The minimum Gasteiger partial charge on any atom is -0.302 e. The fourth-order valence-corrected chi connectivity index (χ4v) is 6.26. The molecule has 0 unspecified atom stereocenters. The number of nitrogens with zero attached hydrogens (tertiary/aromatic N) is 2.